The van der Waals surface area contributed by atoms with Crippen LogP contribution in [0.3, 0.4) is 0 Å². The first-order chi connectivity index (χ1) is 15.1. The van der Waals surface area contributed by atoms with E-state index in [-0.39, 0.29) is 19.0 Å². The molecule has 3 aromatic carbocycles. The minimum absolute atomic E-state index is 0.0275. The monoisotopic (exact) mass is 417 g/mol. The number of carbonyl (C=O) groups excluding carboxylic acids is 2. The number of hydrogen-bond donors (Lipinski definition) is 2. The topological polar surface area (TPSA) is 103 Å². The number of rotatable bonds is 6. The summed E-state index contributed by atoms with van der Waals surface area (Å²) in [5.74, 6) is 0.0275. The maximum Gasteiger partial charge on any atom is 0.435 e. The second-order valence-electron chi connectivity index (χ2n) is 6.59. The minimum Gasteiger partial charge on any atom is -0.444 e. The molecule has 0 saturated carbocycles. The fraction of sp³-hybridized carbons (Fsp3) is 0.125. The number of carbonyl (C=O) groups is 2. The molecule has 0 aliphatic rings. The largest absolute Gasteiger partial charge is 0.444 e. The first-order valence-electron chi connectivity index (χ1n) is 9.70. The Kier molecular flexibility index (Phi) is 7.90. The number of hydrogen-bond acceptors (Lipinski definition) is 5. The summed E-state index contributed by atoms with van der Waals surface area (Å²) in [6.45, 7) is 0.532. The minimum atomic E-state index is -0.829. The van der Waals surface area contributed by atoms with E-state index in [0.29, 0.717) is 12.1 Å². The van der Waals surface area contributed by atoms with Gasteiger partial charge >= 0.3 is 12.2 Å². The number of nitrogens with two attached hydrogens (primary N) is 1. The van der Waals surface area contributed by atoms with Crippen LogP contribution in [-0.4, -0.2) is 18.0 Å². The molecule has 0 aliphatic heterocycles. The van der Waals surface area contributed by atoms with Crippen LogP contribution in [0, 0.1) is 0 Å². The van der Waals surface area contributed by atoms with E-state index < -0.39 is 12.2 Å². The van der Waals surface area contributed by atoms with Crippen LogP contribution >= 0.6 is 0 Å². The molecular formula is C24H23N3O4. The number of amides is 2. The number of amidine groups is 1. The van der Waals surface area contributed by atoms with Crippen LogP contribution in [0.5, 0.6) is 0 Å². The molecule has 0 heterocycles. The summed E-state index contributed by atoms with van der Waals surface area (Å²) in [5, 5.41) is 2.53. The lowest BCUT2D eigenvalue weighted by Crippen LogP contribution is -2.32. The van der Waals surface area contributed by atoms with Crippen molar-refractivity contribution in [2.45, 2.75) is 19.8 Å². The summed E-state index contributed by atoms with van der Waals surface area (Å²) in [6.07, 6.45) is -1.56. The summed E-state index contributed by atoms with van der Waals surface area (Å²) < 4.78 is 10.4. The summed E-state index contributed by atoms with van der Waals surface area (Å²) in [6, 6.07) is 25.5. The fourth-order valence-corrected chi connectivity index (χ4v) is 2.66. The van der Waals surface area contributed by atoms with Gasteiger partial charge in [0, 0.05) is 12.1 Å². The van der Waals surface area contributed by atoms with E-state index >= 15 is 0 Å². The highest BCUT2D eigenvalue weighted by atomic mass is 16.6. The molecule has 3 rings (SSSR count). The number of nitrogens with one attached hydrogen (secondary N) is 1. The molecule has 0 aliphatic carbocycles. The zero-order valence-corrected chi connectivity index (χ0v) is 16.9. The van der Waals surface area contributed by atoms with Crippen LogP contribution in [-0.2, 0) is 29.2 Å². The van der Waals surface area contributed by atoms with Gasteiger partial charge in [0.05, 0.1) is 0 Å². The third-order valence-corrected chi connectivity index (χ3v) is 4.30. The molecule has 3 aromatic rings. The Bertz CT molecular complexity index is 1020. The SMILES string of the molecule is NCc1ccc(C(=NC(=O)OCc2ccccc2)NC(=O)OCc2ccccc2)cc1. The predicted molar refractivity (Wildman–Crippen MR) is 117 cm³/mol. The van der Waals surface area contributed by atoms with Gasteiger partial charge in [0.1, 0.15) is 19.0 Å². The molecule has 0 bridgehead atoms. The summed E-state index contributed by atoms with van der Waals surface area (Å²) in [7, 11) is 0. The molecular weight excluding hydrogens is 394 g/mol. The van der Waals surface area contributed by atoms with Crippen molar-refractivity contribution in [3.05, 3.63) is 107 Å². The normalized spacial score (nSPS) is 10.9. The van der Waals surface area contributed by atoms with E-state index in [1.54, 1.807) is 24.3 Å². The molecule has 31 heavy (non-hydrogen) atoms. The summed E-state index contributed by atoms with van der Waals surface area (Å²) >= 11 is 0. The molecule has 0 saturated heterocycles. The van der Waals surface area contributed by atoms with Gasteiger partial charge in [-0.1, -0.05) is 84.9 Å². The molecule has 0 fully saturated rings. The Morgan fingerprint density at radius 1 is 0.742 bits per heavy atom. The zero-order valence-electron chi connectivity index (χ0n) is 16.9. The average Bonchev–Trinajstić information content (AvgIpc) is 2.82. The highest BCUT2D eigenvalue weighted by Crippen LogP contribution is 2.07. The van der Waals surface area contributed by atoms with Crippen LogP contribution in [0.2, 0.25) is 0 Å². The fourth-order valence-electron chi connectivity index (χ4n) is 2.66. The van der Waals surface area contributed by atoms with Crippen molar-refractivity contribution in [1.82, 2.24) is 5.32 Å². The van der Waals surface area contributed by atoms with Gasteiger partial charge in [-0.3, -0.25) is 5.32 Å². The van der Waals surface area contributed by atoms with Gasteiger partial charge < -0.3 is 15.2 Å². The van der Waals surface area contributed by atoms with E-state index in [1.165, 1.54) is 0 Å². The second kappa shape index (κ2) is 11.3. The molecule has 2 amide bonds. The lowest BCUT2D eigenvalue weighted by Gasteiger charge is -2.11. The molecule has 0 aromatic heterocycles. The Morgan fingerprint density at radius 3 is 1.84 bits per heavy atom. The van der Waals surface area contributed by atoms with Crippen molar-refractivity contribution in [3.63, 3.8) is 0 Å². The Morgan fingerprint density at radius 2 is 1.29 bits per heavy atom. The number of ether oxygens (including phenoxy) is 2. The van der Waals surface area contributed by atoms with E-state index in [9.17, 15) is 9.59 Å². The summed E-state index contributed by atoms with van der Waals surface area (Å²) in [4.78, 5) is 28.5. The maximum atomic E-state index is 12.3. The molecule has 0 unspecified atom stereocenters. The van der Waals surface area contributed by atoms with Gasteiger partial charge in [-0.05, 0) is 16.7 Å². The highest BCUT2D eigenvalue weighted by Gasteiger charge is 2.13. The molecule has 0 atom stereocenters. The number of alkyl carbamates (subject to hydrolysis) is 1. The molecule has 0 spiro atoms. The van der Waals surface area contributed by atoms with E-state index in [4.69, 9.17) is 15.2 Å². The first-order valence-corrected chi connectivity index (χ1v) is 9.70. The highest BCUT2D eigenvalue weighted by molar-refractivity contribution is 6.09. The van der Waals surface area contributed by atoms with Crippen molar-refractivity contribution in [3.8, 4) is 0 Å². The van der Waals surface area contributed by atoms with Crippen molar-refractivity contribution < 1.29 is 19.1 Å². The van der Waals surface area contributed by atoms with Crippen LogP contribution in [0.1, 0.15) is 22.3 Å². The van der Waals surface area contributed by atoms with Gasteiger partial charge in [0.2, 0.25) is 0 Å². The number of aliphatic imine (C=N–C) groups is 1. The molecule has 7 nitrogen and oxygen atoms in total. The standard InChI is InChI=1S/C24H23N3O4/c25-15-18-11-13-21(14-12-18)22(26-23(28)30-16-19-7-3-1-4-8-19)27-24(29)31-17-20-9-5-2-6-10-20/h1-14H,15-17,25H2,(H,26,27,28,29). The number of nitrogens with zero attached hydrogens (tertiary/aromatic N) is 1. The second-order valence-corrected chi connectivity index (χ2v) is 6.59. The molecule has 3 N–H and O–H groups in total. The number of benzene rings is 3. The van der Waals surface area contributed by atoms with Gasteiger partial charge in [-0.2, -0.15) is 4.99 Å². The van der Waals surface area contributed by atoms with Crippen LogP contribution in [0.25, 0.3) is 0 Å². The smallest absolute Gasteiger partial charge is 0.435 e. The van der Waals surface area contributed by atoms with Crippen molar-refractivity contribution in [1.29, 1.82) is 0 Å². The van der Waals surface area contributed by atoms with E-state index in [0.717, 1.165) is 16.7 Å². The van der Waals surface area contributed by atoms with Gasteiger partial charge in [-0.15, -0.1) is 0 Å². The molecule has 7 heteroatoms. The molecule has 0 radical (unpaired) electrons. The zero-order chi connectivity index (χ0) is 21.9. The maximum absolute atomic E-state index is 12.3. The van der Waals surface area contributed by atoms with Crippen LogP contribution in [0.4, 0.5) is 9.59 Å². The third kappa shape index (κ3) is 7.09. The van der Waals surface area contributed by atoms with Gasteiger partial charge in [-0.25, -0.2) is 9.59 Å². The van der Waals surface area contributed by atoms with Crippen molar-refractivity contribution in [2.75, 3.05) is 0 Å². The quantitative estimate of drug-likeness (QED) is 0.463. The lowest BCUT2D eigenvalue weighted by atomic mass is 10.1. The Balaban J connectivity index is 1.69. The summed E-state index contributed by atoms with van der Waals surface area (Å²) in [5.41, 5.74) is 8.72. The molecule has 158 valence electrons. The first kappa shape index (κ1) is 21.7. The van der Waals surface area contributed by atoms with Crippen LogP contribution < -0.4 is 11.1 Å². The van der Waals surface area contributed by atoms with E-state index in [2.05, 4.69) is 10.3 Å². The Hall–Kier alpha value is -3.97. The van der Waals surface area contributed by atoms with Gasteiger partial charge in [0.15, 0.2) is 0 Å². The Labute approximate surface area is 180 Å². The third-order valence-electron chi connectivity index (χ3n) is 4.30. The van der Waals surface area contributed by atoms with Crippen molar-refractivity contribution >= 4 is 18.0 Å². The van der Waals surface area contributed by atoms with Crippen LogP contribution in [0.15, 0.2) is 89.9 Å². The van der Waals surface area contributed by atoms with Gasteiger partial charge in [0.25, 0.3) is 0 Å². The predicted octanol–water partition coefficient (Wildman–Crippen LogP) is 4.16. The average molecular weight is 417 g/mol. The van der Waals surface area contributed by atoms with E-state index in [1.807, 2.05) is 60.7 Å². The van der Waals surface area contributed by atoms with Crippen molar-refractivity contribution in [2.24, 2.45) is 10.7 Å². The lowest BCUT2D eigenvalue weighted by molar-refractivity contribution is 0.144.